The average Bonchev–Trinajstić information content (AvgIpc) is 3.25. The summed E-state index contributed by atoms with van der Waals surface area (Å²) >= 11 is 0. The molecule has 0 radical (unpaired) electrons. The summed E-state index contributed by atoms with van der Waals surface area (Å²) in [5, 5.41) is 24.6. The molecule has 0 heterocycles. The second kappa shape index (κ2) is 5.88. The number of hydrogen-bond acceptors (Lipinski definition) is 5. The monoisotopic (exact) mass is 293 g/mol. The summed E-state index contributed by atoms with van der Waals surface area (Å²) in [7, 11) is 0. The van der Waals surface area contributed by atoms with Crippen LogP contribution in [0.2, 0.25) is 0 Å². The Morgan fingerprint density at radius 2 is 1.95 bits per heavy atom. The molecule has 1 aromatic carbocycles. The van der Waals surface area contributed by atoms with Gasteiger partial charge in [-0.2, -0.15) is 0 Å². The Bertz CT molecular complexity index is 583. The molecule has 0 saturated heterocycles. The fourth-order valence-corrected chi connectivity index (χ4v) is 1.83. The molecule has 1 fully saturated rings. The van der Waals surface area contributed by atoms with Crippen LogP contribution in [0.3, 0.4) is 0 Å². The van der Waals surface area contributed by atoms with Gasteiger partial charge >= 0.3 is 11.8 Å². The van der Waals surface area contributed by atoms with Crippen molar-refractivity contribution < 1.29 is 19.6 Å². The van der Waals surface area contributed by atoms with Crippen LogP contribution in [0.1, 0.15) is 12.8 Å². The summed E-state index contributed by atoms with van der Waals surface area (Å²) in [6, 6.07) is 5.56. The molecule has 1 aliphatic carbocycles. The van der Waals surface area contributed by atoms with Crippen LogP contribution in [-0.4, -0.2) is 35.0 Å². The molecule has 112 valence electrons. The summed E-state index contributed by atoms with van der Waals surface area (Å²) in [4.78, 5) is 33.5. The fraction of sp³-hybridized carbons (Fsp3) is 0.385. The van der Waals surface area contributed by atoms with Gasteiger partial charge in [-0.25, -0.2) is 0 Å². The van der Waals surface area contributed by atoms with Gasteiger partial charge in [0.25, 0.3) is 5.69 Å². The number of aliphatic hydroxyl groups is 1. The van der Waals surface area contributed by atoms with E-state index in [2.05, 4.69) is 10.6 Å². The Labute approximate surface area is 120 Å². The third-order valence-electron chi connectivity index (χ3n) is 3.47. The van der Waals surface area contributed by atoms with Crippen molar-refractivity contribution >= 4 is 23.2 Å². The highest BCUT2D eigenvalue weighted by molar-refractivity contribution is 6.39. The van der Waals surface area contributed by atoms with Gasteiger partial charge in [-0.05, 0) is 18.9 Å². The van der Waals surface area contributed by atoms with Crippen LogP contribution < -0.4 is 10.6 Å². The van der Waals surface area contributed by atoms with E-state index >= 15 is 0 Å². The van der Waals surface area contributed by atoms with Crippen molar-refractivity contribution in [3.05, 3.63) is 34.4 Å². The molecule has 8 nitrogen and oxygen atoms in total. The number of rotatable bonds is 5. The van der Waals surface area contributed by atoms with Gasteiger partial charge in [0.2, 0.25) is 0 Å². The SMILES string of the molecule is O=C(NCC1(CO)CC1)C(=O)Nc1ccccc1[N+](=O)[O-]. The number of amides is 2. The van der Waals surface area contributed by atoms with Gasteiger partial charge in [0.05, 0.1) is 11.5 Å². The van der Waals surface area contributed by atoms with Gasteiger partial charge < -0.3 is 15.7 Å². The van der Waals surface area contributed by atoms with E-state index in [1.165, 1.54) is 24.3 Å². The van der Waals surface area contributed by atoms with Crippen molar-refractivity contribution in [3.8, 4) is 0 Å². The van der Waals surface area contributed by atoms with E-state index < -0.39 is 16.7 Å². The van der Waals surface area contributed by atoms with Crippen LogP contribution in [-0.2, 0) is 9.59 Å². The number of carbonyl (C=O) groups excluding carboxylic acids is 2. The molecular formula is C13H15N3O5. The molecule has 8 heteroatoms. The van der Waals surface area contributed by atoms with E-state index in [1.54, 1.807) is 0 Å². The van der Waals surface area contributed by atoms with Gasteiger partial charge in [-0.3, -0.25) is 19.7 Å². The fourth-order valence-electron chi connectivity index (χ4n) is 1.83. The first-order valence-corrected chi connectivity index (χ1v) is 6.41. The van der Waals surface area contributed by atoms with E-state index in [1.807, 2.05) is 0 Å². The summed E-state index contributed by atoms with van der Waals surface area (Å²) in [5.74, 6) is -1.86. The molecule has 21 heavy (non-hydrogen) atoms. The van der Waals surface area contributed by atoms with Crippen molar-refractivity contribution in [2.45, 2.75) is 12.8 Å². The van der Waals surface area contributed by atoms with Crippen molar-refractivity contribution in [2.24, 2.45) is 5.41 Å². The van der Waals surface area contributed by atoms with Crippen LogP contribution in [0.25, 0.3) is 0 Å². The number of para-hydroxylation sites is 2. The van der Waals surface area contributed by atoms with Crippen LogP contribution in [0.5, 0.6) is 0 Å². The number of aliphatic hydroxyl groups excluding tert-OH is 1. The van der Waals surface area contributed by atoms with Crippen molar-refractivity contribution in [3.63, 3.8) is 0 Å². The Morgan fingerprint density at radius 3 is 2.52 bits per heavy atom. The number of nitro groups is 1. The number of nitrogens with one attached hydrogen (secondary N) is 2. The van der Waals surface area contributed by atoms with Gasteiger partial charge in [0.1, 0.15) is 5.69 Å². The largest absolute Gasteiger partial charge is 0.396 e. The van der Waals surface area contributed by atoms with Crippen LogP contribution in [0.4, 0.5) is 11.4 Å². The van der Waals surface area contributed by atoms with Crippen LogP contribution in [0.15, 0.2) is 24.3 Å². The van der Waals surface area contributed by atoms with E-state index in [-0.39, 0.29) is 29.9 Å². The maximum absolute atomic E-state index is 11.7. The molecule has 2 rings (SSSR count). The Kier molecular flexibility index (Phi) is 4.18. The molecule has 0 atom stereocenters. The smallest absolute Gasteiger partial charge is 0.313 e. The van der Waals surface area contributed by atoms with Crippen LogP contribution >= 0.6 is 0 Å². The molecule has 0 aromatic heterocycles. The minimum atomic E-state index is -0.974. The average molecular weight is 293 g/mol. The van der Waals surface area contributed by atoms with E-state index in [4.69, 9.17) is 5.11 Å². The maximum atomic E-state index is 11.7. The van der Waals surface area contributed by atoms with E-state index in [0.29, 0.717) is 0 Å². The van der Waals surface area contributed by atoms with Crippen LogP contribution in [0, 0.1) is 15.5 Å². The number of nitro benzene ring substituents is 1. The van der Waals surface area contributed by atoms with Crippen molar-refractivity contribution in [2.75, 3.05) is 18.5 Å². The van der Waals surface area contributed by atoms with Crippen molar-refractivity contribution in [1.29, 1.82) is 0 Å². The number of benzene rings is 1. The lowest BCUT2D eigenvalue weighted by Crippen LogP contribution is -2.39. The van der Waals surface area contributed by atoms with E-state index in [9.17, 15) is 19.7 Å². The van der Waals surface area contributed by atoms with Gasteiger partial charge in [-0.1, -0.05) is 12.1 Å². The van der Waals surface area contributed by atoms with Gasteiger partial charge in [0, 0.05) is 18.0 Å². The van der Waals surface area contributed by atoms with E-state index in [0.717, 1.165) is 12.8 Å². The highest BCUT2D eigenvalue weighted by Crippen LogP contribution is 2.44. The second-order valence-electron chi connectivity index (χ2n) is 5.07. The highest BCUT2D eigenvalue weighted by atomic mass is 16.6. The molecule has 3 N–H and O–H groups in total. The highest BCUT2D eigenvalue weighted by Gasteiger charge is 2.42. The minimum absolute atomic E-state index is 0.0362. The number of hydrogen-bond donors (Lipinski definition) is 3. The quantitative estimate of drug-likeness (QED) is 0.412. The maximum Gasteiger partial charge on any atom is 0.313 e. The molecule has 1 saturated carbocycles. The standard InChI is InChI=1S/C13H15N3O5/c17-8-13(5-6-13)7-14-11(18)12(19)15-9-3-1-2-4-10(9)16(20)21/h1-4,17H,5-8H2,(H,14,18)(H,15,19). The molecule has 2 amide bonds. The summed E-state index contributed by atoms with van der Waals surface area (Å²) in [6.07, 6.45) is 1.60. The third-order valence-corrected chi connectivity index (χ3v) is 3.47. The first kappa shape index (κ1) is 14.9. The molecule has 1 aliphatic rings. The molecule has 0 aliphatic heterocycles. The number of nitrogens with zero attached hydrogens (tertiary/aromatic N) is 1. The predicted octanol–water partition coefficient (Wildman–Crippen LogP) is 0.422. The predicted molar refractivity (Wildman–Crippen MR) is 73.5 cm³/mol. The first-order valence-electron chi connectivity index (χ1n) is 6.41. The normalized spacial score (nSPS) is 15.1. The third kappa shape index (κ3) is 3.54. The zero-order chi connectivity index (χ0) is 15.5. The number of carbonyl (C=O) groups is 2. The topological polar surface area (TPSA) is 122 Å². The lowest BCUT2D eigenvalue weighted by molar-refractivity contribution is -0.383. The zero-order valence-corrected chi connectivity index (χ0v) is 11.2. The summed E-state index contributed by atoms with van der Waals surface area (Å²) < 4.78 is 0. The van der Waals surface area contributed by atoms with Gasteiger partial charge in [-0.15, -0.1) is 0 Å². The Balaban J connectivity index is 1.95. The Morgan fingerprint density at radius 1 is 1.29 bits per heavy atom. The number of anilines is 1. The molecule has 0 bridgehead atoms. The minimum Gasteiger partial charge on any atom is -0.396 e. The lowest BCUT2D eigenvalue weighted by atomic mass is 10.1. The molecular weight excluding hydrogens is 278 g/mol. The first-order chi connectivity index (χ1) is 9.97. The Hall–Kier alpha value is -2.48. The van der Waals surface area contributed by atoms with Gasteiger partial charge in [0.15, 0.2) is 0 Å². The summed E-state index contributed by atoms with van der Waals surface area (Å²) in [5.41, 5.74) is -0.632. The zero-order valence-electron chi connectivity index (χ0n) is 11.2. The molecule has 1 aromatic rings. The molecule has 0 spiro atoms. The lowest BCUT2D eigenvalue weighted by Gasteiger charge is -2.12. The van der Waals surface area contributed by atoms with Crippen molar-refractivity contribution in [1.82, 2.24) is 5.32 Å². The summed E-state index contributed by atoms with van der Waals surface area (Å²) in [6.45, 7) is 0.172. The molecule has 0 unspecified atom stereocenters. The second-order valence-corrected chi connectivity index (χ2v) is 5.07.